The normalized spacial score (nSPS) is 13.4. The van der Waals surface area contributed by atoms with Gasteiger partial charge in [0.15, 0.2) is 0 Å². The maximum absolute atomic E-state index is 12.0. The minimum absolute atomic E-state index is 0.0381. The molecule has 0 aliphatic rings. The number of aliphatic hydroxyl groups is 1. The summed E-state index contributed by atoms with van der Waals surface area (Å²) in [4.78, 5) is 16.1. The van der Waals surface area contributed by atoms with Crippen molar-refractivity contribution in [3.05, 3.63) is 11.6 Å². The van der Waals surface area contributed by atoms with Crippen molar-refractivity contribution in [3.8, 4) is 0 Å². The first-order chi connectivity index (χ1) is 8.38. The number of amides is 1. The highest BCUT2D eigenvalue weighted by Crippen LogP contribution is 2.21. The molecule has 1 aromatic heterocycles. The maximum Gasteiger partial charge on any atom is 0.291 e. The third kappa shape index (κ3) is 3.80. The molecule has 0 fully saturated rings. The molecular formula is C12H22N4O2. The number of carbonyl (C=O) groups excluding carboxylic acids is 1. The third-order valence-corrected chi connectivity index (χ3v) is 2.84. The fourth-order valence-electron chi connectivity index (χ4n) is 1.63. The minimum Gasteiger partial charge on any atom is -0.396 e. The molecular weight excluding hydrogens is 232 g/mol. The molecule has 0 spiro atoms. The van der Waals surface area contributed by atoms with E-state index in [0.29, 0.717) is 18.7 Å². The van der Waals surface area contributed by atoms with Gasteiger partial charge in [0.05, 0.1) is 0 Å². The van der Waals surface area contributed by atoms with Crippen molar-refractivity contribution in [2.75, 3.05) is 6.61 Å². The first-order valence-electron chi connectivity index (χ1n) is 6.21. The Morgan fingerprint density at radius 1 is 1.50 bits per heavy atom. The molecule has 0 radical (unpaired) electrons. The molecule has 18 heavy (non-hydrogen) atoms. The molecule has 1 amide bonds. The van der Waals surface area contributed by atoms with Crippen LogP contribution in [0.15, 0.2) is 0 Å². The number of aliphatic hydroxyl groups excluding tert-OH is 1. The summed E-state index contributed by atoms with van der Waals surface area (Å²) in [6, 6.07) is -0.112. The second-order valence-electron chi connectivity index (χ2n) is 5.36. The van der Waals surface area contributed by atoms with Crippen LogP contribution in [0.4, 0.5) is 0 Å². The first kappa shape index (κ1) is 14.6. The zero-order valence-electron chi connectivity index (χ0n) is 11.4. The number of aromatic amines is 1. The number of hydrogen-bond acceptors (Lipinski definition) is 4. The van der Waals surface area contributed by atoms with Crippen molar-refractivity contribution in [1.82, 2.24) is 20.5 Å². The van der Waals surface area contributed by atoms with Crippen molar-refractivity contribution in [1.29, 1.82) is 0 Å². The molecule has 0 aliphatic heterocycles. The van der Waals surface area contributed by atoms with Gasteiger partial charge in [-0.25, -0.2) is 4.98 Å². The van der Waals surface area contributed by atoms with Crippen LogP contribution in [-0.2, 0) is 6.42 Å². The van der Waals surface area contributed by atoms with Gasteiger partial charge in [-0.1, -0.05) is 27.7 Å². The molecule has 3 N–H and O–H groups in total. The van der Waals surface area contributed by atoms with Crippen LogP contribution in [0.1, 0.15) is 50.6 Å². The maximum atomic E-state index is 12.0. The predicted octanol–water partition coefficient (Wildman–Crippen LogP) is 0.894. The zero-order valence-corrected chi connectivity index (χ0v) is 11.4. The lowest BCUT2D eigenvalue weighted by atomic mass is 9.85. The summed E-state index contributed by atoms with van der Waals surface area (Å²) >= 11 is 0. The van der Waals surface area contributed by atoms with Gasteiger partial charge < -0.3 is 10.4 Å². The molecule has 1 rings (SSSR count). The van der Waals surface area contributed by atoms with Crippen molar-refractivity contribution >= 4 is 5.91 Å². The van der Waals surface area contributed by atoms with Crippen molar-refractivity contribution in [2.45, 2.75) is 46.6 Å². The molecule has 0 saturated carbocycles. The van der Waals surface area contributed by atoms with Crippen molar-refractivity contribution in [2.24, 2.45) is 5.41 Å². The number of nitrogens with one attached hydrogen (secondary N) is 2. The van der Waals surface area contributed by atoms with E-state index in [2.05, 4.69) is 20.5 Å². The van der Waals surface area contributed by atoms with E-state index in [9.17, 15) is 4.79 Å². The molecule has 6 nitrogen and oxygen atoms in total. The summed E-state index contributed by atoms with van der Waals surface area (Å²) < 4.78 is 0. The number of aromatic nitrogens is 3. The Hall–Kier alpha value is -1.43. The van der Waals surface area contributed by atoms with Gasteiger partial charge in [0, 0.05) is 19.1 Å². The van der Waals surface area contributed by atoms with Gasteiger partial charge in [0.1, 0.15) is 5.82 Å². The minimum atomic E-state index is -0.306. The van der Waals surface area contributed by atoms with Crippen LogP contribution in [0.25, 0.3) is 0 Å². The fourth-order valence-corrected chi connectivity index (χ4v) is 1.63. The summed E-state index contributed by atoms with van der Waals surface area (Å²) in [6.45, 7) is 8.03. The van der Waals surface area contributed by atoms with Crippen LogP contribution in [0.2, 0.25) is 0 Å². The highest BCUT2D eigenvalue weighted by atomic mass is 16.3. The average Bonchev–Trinajstić information content (AvgIpc) is 2.75. The molecule has 0 bridgehead atoms. The van der Waals surface area contributed by atoms with Gasteiger partial charge >= 0.3 is 0 Å². The fraction of sp³-hybridized carbons (Fsp3) is 0.750. The van der Waals surface area contributed by atoms with E-state index in [1.54, 1.807) is 0 Å². The Bertz CT molecular complexity index is 395. The summed E-state index contributed by atoms with van der Waals surface area (Å²) in [5.74, 6) is 0.535. The topological polar surface area (TPSA) is 90.9 Å². The monoisotopic (exact) mass is 254 g/mol. The standard InChI is InChI=1S/C12H22N4O2/c1-5-9-14-10(16-15-9)11(18)13-8(6-7-17)12(2,3)4/h8,17H,5-7H2,1-4H3,(H,13,18)(H,14,15,16). The van der Waals surface area contributed by atoms with Gasteiger partial charge in [-0.2, -0.15) is 0 Å². The van der Waals surface area contributed by atoms with Gasteiger partial charge in [-0.15, -0.1) is 5.10 Å². The quantitative estimate of drug-likeness (QED) is 0.728. The van der Waals surface area contributed by atoms with E-state index < -0.39 is 0 Å². The SMILES string of the molecule is CCc1nc(C(=O)NC(CCO)C(C)(C)C)n[nH]1. The van der Waals surface area contributed by atoms with Crippen LogP contribution < -0.4 is 5.32 Å². The third-order valence-electron chi connectivity index (χ3n) is 2.84. The average molecular weight is 254 g/mol. The second kappa shape index (κ2) is 5.95. The van der Waals surface area contributed by atoms with E-state index in [1.807, 2.05) is 27.7 Å². The Labute approximate surface area is 107 Å². The summed E-state index contributed by atoms with van der Waals surface area (Å²) in [6.07, 6.45) is 1.22. The Balaban J connectivity index is 2.72. The van der Waals surface area contributed by atoms with Crippen LogP contribution in [-0.4, -0.2) is 38.8 Å². The van der Waals surface area contributed by atoms with Crippen LogP contribution in [0, 0.1) is 5.41 Å². The molecule has 0 saturated heterocycles. The smallest absolute Gasteiger partial charge is 0.291 e. The highest BCUT2D eigenvalue weighted by Gasteiger charge is 2.27. The molecule has 102 valence electrons. The van der Waals surface area contributed by atoms with Crippen LogP contribution in [0.5, 0.6) is 0 Å². The highest BCUT2D eigenvalue weighted by molar-refractivity contribution is 5.90. The van der Waals surface area contributed by atoms with Crippen LogP contribution in [0.3, 0.4) is 0 Å². The summed E-state index contributed by atoms with van der Waals surface area (Å²) in [7, 11) is 0. The number of carbonyl (C=O) groups is 1. The second-order valence-corrected chi connectivity index (χ2v) is 5.36. The summed E-state index contributed by atoms with van der Waals surface area (Å²) in [5.41, 5.74) is -0.123. The Kier molecular flexibility index (Phi) is 4.84. The van der Waals surface area contributed by atoms with Crippen molar-refractivity contribution in [3.63, 3.8) is 0 Å². The van der Waals surface area contributed by atoms with E-state index in [0.717, 1.165) is 0 Å². The number of H-pyrrole nitrogens is 1. The number of rotatable bonds is 5. The number of hydrogen-bond donors (Lipinski definition) is 3. The van der Waals surface area contributed by atoms with Gasteiger partial charge in [0.2, 0.25) is 5.82 Å². The number of nitrogens with zero attached hydrogens (tertiary/aromatic N) is 2. The van der Waals surface area contributed by atoms with Crippen molar-refractivity contribution < 1.29 is 9.90 Å². The van der Waals surface area contributed by atoms with Crippen LogP contribution >= 0.6 is 0 Å². The van der Waals surface area contributed by atoms with Gasteiger partial charge in [-0.05, 0) is 11.8 Å². The van der Waals surface area contributed by atoms with Gasteiger partial charge in [-0.3, -0.25) is 9.89 Å². The van der Waals surface area contributed by atoms with E-state index in [1.165, 1.54) is 0 Å². The van der Waals surface area contributed by atoms with Gasteiger partial charge in [0.25, 0.3) is 5.91 Å². The molecule has 1 atom stereocenters. The lowest BCUT2D eigenvalue weighted by Crippen LogP contribution is -2.44. The van der Waals surface area contributed by atoms with E-state index >= 15 is 0 Å². The largest absolute Gasteiger partial charge is 0.396 e. The zero-order chi connectivity index (χ0) is 13.8. The predicted molar refractivity (Wildman–Crippen MR) is 68.2 cm³/mol. The molecule has 1 heterocycles. The Morgan fingerprint density at radius 3 is 2.61 bits per heavy atom. The van der Waals surface area contributed by atoms with E-state index in [4.69, 9.17) is 5.11 Å². The summed E-state index contributed by atoms with van der Waals surface area (Å²) in [5, 5.41) is 18.5. The lowest BCUT2D eigenvalue weighted by Gasteiger charge is -2.30. The number of aryl methyl sites for hydroxylation is 1. The Morgan fingerprint density at radius 2 is 2.17 bits per heavy atom. The molecule has 0 aromatic carbocycles. The lowest BCUT2D eigenvalue weighted by molar-refractivity contribution is 0.0875. The molecule has 1 aromatic rings. The first-order valence-corrected chi connectivity index (χ1v) is 6.21. The molecule has 6 heteroatoms. The molecule has 1 unspecified atom stereocenters. The molecule has 0 aliphatic carbocycles. The van der Waals surface area contributed by atoms with E-state index in [-0.39, 0.29) is 29.8 Å².